The van der Waals surface area contributed by atoms with Gasteiger partial charge in [0.25, 0.3) is 11.8 Å². The summed E-state index contributed by atoms with van der Waals surface area (Å²) in [4.78, 5) is 52.3. The Labute approximate surface area is 98.4 Å². The maximum atomic E-state index is 11.5. The van der Waals surface area contributed by atoms with Crippen LogP contribution < -0.4 is 21.3 Å². The zero-order valence-electron chi connectivity index (χ0n) is 8.68. The average molecular weight is 244 g/mol. The third kappa shape index (κ3) is 1.39. The molecule has 0 radical (unpaired) electrons. The first-order valence-electron chi connectivity index (χ1n) is 4.87. The molecule has 8 heteroatoms. The van der Waals surface area contributed by atoms with Crippen LogP contribution in [0.4, 0.5) is 9.59 Å². The SMILES string of the molecule is O=C1N=c2cc3c(cc2C(=O)N1)=NC(=O)NC3=O. The van der Waals surface area contributed by atoms with E-state index in [9.17, 15) is 19.2 Å². The summed E-state index contributed by atoms with van der Waals surface area (Å²) < 4.78 is 0. The van der Waals surface area contributed by atoms with E-state index in [-0.39, 0.29) is 21.8 Å². The summed E-state index contributed by atoms with van der Waals surface area (Å²) in [6, 6.07) is 0.924. The minimum atomic E-state index is -0.795. The standard InChI is InChI=1S/C10H4N4O4/c15-7-3-1-5-4(8(16)14-9(17)11-5)2-6(3)12-10(18)13-7/h1-2H,(H,13,15,18)(H,14,16,17). The number of carbonyl (C=O) groups is 4. The Kier molecular flexibility index (Phi) is 1.88. The van der Waals surface area contributed by atoms with Gasteiger partial charge in [-0.2, -0.15) is 9.98 Å². The van der Waals surface area contributed by atoms with Gasteiger partial charge in [0.05, 0.1) is 21.8 Å². The van der Waals surface area contributed by atoms with E-state index >= 15 is 0 Å². The molecular weight excluding hydrogens is 240 g/mol. The average Bonchev–Trinajstić information content (AvgIpc) is 2.27. The Balaban J connectivity index is 2.40. The van der Waals surface area contributed by atoms with Crippen LogP contribution in [0.5, 0.6) is 0 Å². The van der Waals surface area contributed by atoms with Gasteiger partial charge in [-0.3, -0.25) is 20.2 Å². The maximum Gasteiger partial charge on any atom is 0.348 e. The predicted molar refractivity (Wildman–Crippen MR) is 54.5 cm³/mol. The fourth-order valence-electron chi connectivity index (χ4n) is 1.73. The summed E-state index contributed by atoms with van der Waals surface area (Å²) in [7, 11) is 0. The van der Waals surface area contributed by atoms with Crippen molar-refractivity contribution in [2.75, 3.05) is 0 Å². The summed E-state index contributed by atoms with van der Waals surface area (Å²) in [6.45, 7) is 0. The van der Waals surface area contributed by atoms with Gasteiger partial charge in [0.2, 0.25) is 0 Å². The van der Waals surface area contributed by atoms with Gasteiger partial charge < -0.3 is 0 Å². The molecule has 1 aromatic rings. The van der Waals surface area contributed by atoms with Gasteiger partial charge >= 0.3 is 12.1 Å². The number of hydrogen-bond donors (Lipinski definition) is 2. The van der Waals surface area contributed by atoms with Crippen molar-refractivity contribution in [2.45, 2.75) is 0 Å². The Morgan fingerprint density at radius 3 is 1.50 bits per heavy atom. The monoisotopic (exact) mass is 244 g/mol. The van der Waals surface area contributed by atoms with Crippen molar-refractivity contribution in [3.8, 4) is 0 Å². The van der Waals surface area contributed by atoms with Gasteiger partial charge in [0.1, 0.15) is 0 Å². The van der Waals surface area contributed by atoms with Crippen LogP contribution in [0, 0.1) is 0 Å². The number of rotatable bonds is 0. The molecule has 88 valence electrons. The number of nitrogens with one attached hydrogen (secondary N) is 2. The van der Waals surface area contributed by atoms with Crippen LogP contribution in [0.25, 0.3) is 0 Å². The third-order valence-corrected chi connectivity index (χ3v) is 2.49. The topological polar surface area (TPSA) is 117 Å². The first-order valence-corrected chi connectivity index (χ1v) is 4.87. The van der Waals surface area contributed by atoms with Crippen LogP contribution in [-0.4, -0.2) is 23.9 Å². The lowest BCUT2D eigenvalue weighted by molar-refractivity contribution is 0.0945. The lowest BCUT2D eigenvalue weighted by Crippen LogP contribution is -2.44. The number of hydrogen-bond acceptors (Lipinski definition) is 4. The molecular formula is C10H4N4O4. The number of amides is 6. The largest absolute Gasteiger partial charge is 0.348 e. The molecule has 2 heterocycles. The lowest BCUT2D eigenvalue weighted by atomic mass is 10.1. The second-order valence-electron chi connectivity index (χ2n) is 3.63. The fraction of sp³-hybridized carbons (Fsp3) is 0. The van der Waals surface area contributed by atoms with Crippen molar-refractivity contribution < 1.29 is 19.2 Å². The summed E-state index contributed by atoms with van der Waals surface area (Å²) in [5.41, 5.74) is 0.194. The first-order chi connectivity index (χ1) is 8.54. The molecule has 0 atom stereocenters. The van der Waals surface area contributed by atoms with Crippen LogP contribution in [0.3, 0.4) is 0 Å². The molecule has 0 aromatic heterocycles. The highest BCUT2D eigenvalue weighted by Gasteiger charge is 2.23. The van der Waals surface area contributed by atoms with E-state index in [1.54, 1.807) is 0 Å². The number of imide groups is 2. The van der Waals surface area contributed by atoms with Crippen molar-refractivity contribution in [1.29, 1.82) is 0 Å². The second kappa shape index (κ2) is 3.29. The minimum Gasteiger partial charge on any atom is -0.272 e. The lowest BCUT2D eigenvalue weighted by Gasteiger charge is -2.11. The molecule has 8 nitrogen and oxygen atoms in total. The Morgan fingerprint density at radius 1 is 0.722 bits per heavy atom. The van der Waals surface area contributed by atoms with Crippen molar-refractivity contribution in [1.82, 2.24) is 10.6 Å². The van der Waals surface area contributed by atoms with Crippen molar-refractivity contribution in [3.63, 3.8) is 0 Å². The van der Waals surface area contributed by atoms with Gasteiger partial charge in [-0.1, -0.05) is 0 Å². The molecule has 0 saturated carbocycles. The van der Waals surface area contributed by atoms with E-state index in [1.165, 1.54) is 12.1 Å². The highest BCUT2D eigenvalue weighted by molar-refractivity contribution is 6.09. The molecule has 0 unspecified atom stereocenters. The highest BCUT2D eigenvalue weighted by Crippen LogP contribution is 2.00. The van der Waals surface area contributed by atoms with E-state index in [0.717, 1.165) is 0 Å². The molecule has 2 aliphatic rings. The van der Waals surface area contributed by atoms with Gasteiger partial charge in [0, 0.05) is 0 Å². The van der Waals surface area contributed by atoms with Gasteiger partial charge in [-0.15, -0.1) is 0 Å². The van der Waals surface area contributed by atoms with E-state index in [1.807, 2.05) is 10.6 Å². The summed E-state index contributed by atoms with van der Waals surface area (Å²) in [5.74, 6) is -1.28. The molecule has 18 heavy (non-hydrogen) atoms. The van der Waals surface area contributed by atoms with Crippen LogP contribution in [0.2, 0.25) is 0 Å². The molecule has 1 aromatic carbocycles. The van der Waals surface area contributed by atoms with Crippen molar-refractivity contribution in [2.24, 2.45) is 9.98 Å². The molecule has 0 spiro atoms. The molecule has 2 aliphatic heterocycles. The van der Waals surface area contributed by atoms with Gasteiger partial charge in [0.15, 0.2) is 0 Å². The molecule has 0 aliphatic carbocycles. The van der Waals surface area contributed by atoms with Crippen molar-refractivity contribution >= 4 is 23.9 Å². The number of urea groups is 2. The summed E-state index contributed by atoms with van der Waals surface area (Å²) in [5, 5.41) is 4.16. The van der Waals surface area contributed by atoms with Crippen LogP contribution >= 0.6 is 0 Å². The van der Waals surface area contributed by atoms with E-state index in [2.05, 4.69) is 9.98 Å². The zero-order chi connectivity index (χ0) is 12.9. The maximum absolute atomic E-state index is 11.5. The molecule has 2 N–H and O–H groups in total. The van der Waals surface area contributed by atoms with Crippen LogP contribution in [0.15, 0.2) is 22.1 Å². The zero-order valence-corrected chi connectivity index (χ0v) is 8.68. The highest BCUT2D eigenvalue weighted by atomic mass is 16.2. The minimum absolute atomic E-state index is 0.0854. The van der Waals surface area contributed by atoms with Gasteiger partial charge in [-0.05, 0) is 12.1 Å². The van der Waals surface area contributed by atoms with Crippen molar-refractivity contribution in [3.05, 3.63) is 34.0 Å². The number of benzene rings is 1. The number of carbonyl (C=O) groups excluding carboxylic acids is 4. The smallest absolute Gasteiger partial charge is 0.272 e. The number of nitrogens with zero attached hydrogens (tertiary/aromatic N) is 2. The van der Waals surface area contributed by atoms with E-state index in [4.69, 9.17) is 0 Å². The van der Waals surface area contributed by atoms with E-state index in [0.29, 0.717) is 0 Å². The van der Waals surface area contributed by atoms with Gasteiger partial charge in [-0.25, -0.2) is 9.59 Å². The van der Waals surface area contributed by atoms with Crippen LogP contribution in [-0.2, 0) is 0 Å². The Hall–Kier alpha value is -2.90. The number of fused-ring (bicyclic) bond motifs is 2. The molecule has 0 fully saturated rings. The second-order valence-corrected chi connectivity index (χ2v) is 3.63. The first kappa shape index (κ1) is 10.3. The summed E-state index contributed by atoms with van der Waals surface area (Å²) in [6.07, 6.45) is 0. The normalized spacial score (nSPS) is 16.9. The Bertz CT molecular complexity index is 699. The predicted octanol–water partition coefficient (Wildman–Crippen LogP) is -1.35. The Morgan fingerprint density at radius 2 is 1.11 bits per heavy atom. The molecule has 6 amide bonds. The fourth-order valence-corrected chi connectivity index (χ4v) is 1.73. The molecule has 0 bridgehead atoms. The molecule has 0 saturated heterocycles. The van der Waals surface area contributed by atoms with Crippen LogP contribution in [0.1, 0.15) is 20.7 Å². The van der Waals surface area contributed by atoms with E-state index < -0.39 is 23.9 Å². The third-order valence-electron chi connectivity index (χ3n) is 2.49. The summed E-state index contributed by atoms with van der Waals surface area (Å²) >= 11 is 0. The quantitative estimate of drug-likeness (QED) is 0.586. The molecule has 3 rings (SSSR count).